The Labute approximate surface area is 110 Å². The molecule has 0 saturated carbocycles. The second-order valence-electron chi connectivity index (χ2n) is 4.18. The van der Waals surface area contributed by atoms with E-state index in [0.717, 1.165) is 0 Å². The zero-order valence-corrected chi connectivity index (χ0v) is 10.6. The number of nitro benzene ring substituents is 1. The van der Waals surface area contributed by atoms with Gasteiger partial charge in [0.15, 0.2) is 0 Å². The van der Waals surface area contributed by atoms with Gasteiger partial charge in [-0.3, -0.25) is 10.1 Å². The van der Waals surface area contributed by atoms with Crippen molar-refractivity contribution in [1.82, 2.24) is 5.32 Å². The minimum absolute atomic E-state index is 0.0769. The van der Waals surface area contributed by atoms with Crippen LogP contribution in [-0.2, 0) is 0 Å². The van der Waals surface area contributed by atoms with Crippen molar-refractivity contribution in [3.8, 4) is 0 Å². The summed E-state index contributed by atoms with van der Waals surface area (Å²) in [6, 6.07) is 5.29. The van der Waals surface area contributed by atoms with Crippen molar-refractivity contribution in [3.63, 3.8) is 0 Å². The van der Waals surface area contributed by atoms with Gasteiger partial charge in [0.25, 0.3) is 5.69 Å². The molecule has 1 aromatic rings. The molecule has 0 heterocycles. The van der Waals surface area contributed by atoms with Gasteiger partial charge in [0.2, 0.25) is 0 Å². The van der Waals surface area contributed by atoms with Crippen LogP contribution < -0.4 is 10.6 Å². The van der Waals surface area contributed by atoms with Gasteiger partial charge in [-0.15, -0.1) is 0 Å². The van der Waals surface area contributed by atoms with Gasteiger partial charge < -0.3 is 15.7 Å². The maximum Gasteiger partial charge on any atom is 0.319 e. The van der Waals surface area contributed by atoms with Crippen molar-refractivity contribution < 1.29 is 14.8 Å². The van der Waals surface area contributed by atoms with Gasteiger partial charge in [-0.2, -0.15) is 0 Å². The molecule has 7 heteroatoms. The van der Waals surface area contributed by atoms with Crippen LogP contribution in [0.15, 0.2) is 24.3 Å². The van der Waals surface area contributed by atoms with E-state index in [-0.39, 0.29) is 11.8 Å². The van der Waals surface area contributed by atoms with Gasteiger partial charge in [-0.25, -0.2) is 4.79 Å². The SMILES string of the molecule is CC(O)CCCNC(=O)Nc1cccc([N+](=O)[O-])c1. The minimum Gasteiger partial charge on any atom is -0.393 e. The first-order valence-corrected chi connectivity index (χ1v) is 5.96. The van der Waals surface area contributed by atoms with Crippen LogP contribution in [0.5, 0.6) is 0 Å². The zero-order valence-electron chi connectivity index (χ0n) is 10.6. The fraction of sp³-hybridized carbons (Fsp3) is 0.417. The summed E-state index contributed by atoms with van der Waals surface area (Å²) >= 11 is 0. The number of aliphatic hydroxyl groups excluding tert-OH is 1. The predicted octanol–water partition coefficient (Wildman–Crippen LogP) is 1.88. The third-order valence-corrected chi connectivity index (χ3v) is 2.40. The lowest BCUT2D eigenvalue weighted by atomic mass is 10.2. The van der Waals surface area contributed by atoms with Crippen LogP contribution in [0.2, 0.25) is 0 Å². The van der Waals surface area contributed by atoms with Crippen molar-refractivity contribution in [1.29, 1.82) is 0 Å². The van der Waals surface area contributed by atoms with E-state index >= 15 is 0 Å². The Hall–Kier alpha value is -2.15. The Morgan fingerprint density at radius 2 is 2.26 bits per heavy atom. The number of nitrogens with zero attached hydrogens (tertiary/aromatic N) is 1. The third kappa shape index (κ3) is 5.82. The molecule has 3 N–H and O–H groups in total. The number of anilines is 1. The van der Waals surface area contributed by atoms with Gasteiger partial charge >= 0.3 is 6.03 Å². The first kappa shape index (κ1) is 14.9. The Balaban J connectivity index is 2.40. The van der Waals surface area contributed by atoms with Gasteiger partial charge in [0.1, 0.15) is 0 Å². The Morgan fingerprint density at radius 1 is 1.53 bits per heavy atom. The molecule has 2 amide bonds. The van der Waals surface area contributed by atoms with E-state index < -0.39 is 11.0 Å². The second-order valence-corrected chi connectivity index (χ2v) is 4.18. The molecule has 104 valence electrons. The molecule has 1 rings (SSSR count). The highest BCUT2D eigenvalue weighted by atomic mass is 16.6. The number of amides is 2. The van der Waals surface area contributed by atoms with E-state index in [0.29, 0.717) is 25.1 Å². The maximum absolute atomic E-state index is 11.5. The number of nitrogens with one attached hydrogen (secondary N) is 2. The molecule has 0 aliphatic rings. The maximum atomic E-state index is 11.5. The van der Waals surface area contributed by atoms with Gasteiger partial charge in [-0.05, 0) is 25.8 Å². The largest absolute Gasteiger partial charge is 0.393 e. The first-order chi connectivity index (χ1) is 8.99. The van der Waals surface area contributed by atoms with E-state index in [1.807, 2.05) is 0 Å². The van der Waals surface area contributed by atoms with Gasteiger partial charge in [0.05, 0.1) is 11.0 Å². The van der Waals surface area contributed by atoms with Crippen LogP contribution in [-0.4, -0.2) is 28.7 Å². The van der Waals surface area contributed by atoms with Crippen LogP contribution >= 0.6 is 0 Å². The molecule has 7 nitrogen and oxygen atoms in total. The summed E-state index contributed by atoms with van der Waals surface area (Å²) < 4.78 is 0. The standard InChI is InChI=1S/C12H17N3O4/c1-9(16)4-3-7-13-12(17)14-10-5-2-6-11(8-10)15(18)19/h2,5-6,8-9,16H,3-4,7H2,1H3,(H2,13,14,17). The predicted molar refractivity (Wildman–Crippen MR) is 71.0 cm³/mol. The number of nitro groups is 1. The molecule has 0 fully saturated rings. The number of rotatable bonds is 6. The summed E-state index contributed by atoms with van der Waals surface area (Å²) in [6.45, 7) is 2.12. The molecule has 1 unspecified atom stereocenters. The highest BCUT2D eigenvalue weighted by Gasteiger charge is 2.07. The van der Waals surface area contributed by atoms with Crippen LogP contribution in [0, 0.1) is 10.1 Å². The average Bonchev–Trinajstić information content (AvgIpc) is 2.34. The quantitative estimate of drug-likeness (QED) is 0.415. The highest BCUT2D eigenvalue weighted by molar-refractivity contribution is 5.89. The molecule has 0 aliphatic carbocycles. The van der Waals surface area contributed by atoms with Crippen LogP contribution in [0.1, 0.15) is 19.8 Å². The molecule has 19 heavy (non-hydrogen) atoms. The van der Waals surface area contributed by atoms with Crippen LogP contribution in [0.4, 0.5) is 16.2 Å². The summed E-state index contributed by atoms with van der Waals surface area (Å²) in [6.07, 6.45) is 0.888. The molecular formula is C12H17N3O4. The normalized spacial score (nSPS) is 11.7. The monoisotopic (exact) mass is 267 g/mol. The number of benzene rings is 1. The van der Waals surface area contributed by atoms with Crippen LogP contribution in [0.25, 0.3) is 0 Å². The molecule has 0 bridgehead atoms. The summed E-state index contributed by atoms with van der Waals surface area (Å²) in [4.78, 5) is 21.5. The lowest BCUT2D eigenvalue weighted by Crippen LogP contribution is -2.29. The number of non-ortho nitro benzene ring substituents is 1. The van der Waals surface area contributed by atoms with Gasteiger partial charge in [0, 0.05) is 24.4 Å². The molecular weight excluding hydrogens is 250 g/mol. The number of hydrogen-bond donors (Lipinski definition) is 3. The molecule has 0 aromatic heterocycles. The Morgan fingerprint density at radius 3 is 2.89 bits per heavy atom. The topological polar surface area (TPSA) is 104 Å². The molecule has 0 saturated heterocycles. The average molecular weight is 267 g/mol. The Bertz CT molecular complexity index is 448. The van der Waals surface area contributed by atoms with E-state index in [9.17, 15) is 14.9 Å². The molecule has 0 spiro atoms. The zero-order chi connectivity index (χ0) is 14.3. The number of aliphatic hydroxyl groups is 1. The summed E-state index contributed by atoms with van der Waals surface area (Å²) in [5.41, 5.74) is 0.286. The molecule has 1 aromatic carbocycles. The van der Waals surface area contributed by atoms with E-state index in [4.69, 9.17) is 5.11 Å². The highest BCUT2D eigenvalue weighted by Crippen LogP contribution is 2.16. The van der Waals surface area contributed by atoms with E-state index in [1.165, 1.54) is 18.2 Å². The smallest absolute Gasteiger partial charge is 0.319 e. The van der Waals surface area contributed by atoms with Crippen molar-refractivity contribution in [2.45, 2.75) is 25.9 Å². The summed E-state index contributed by atoms with van der Waals surface area (Å²) in [5, 5.41) is 24.7. The number of hydrogen-bond acceptors (Lipinski definition) is 4. The third-order valence-electron chi connectivity index (χ3n) is 2.40. The van der Waals surface area contributed by atoms with Gasteiger partial charge in [-0.1, -0.05) is 6.07 Å². The van der Waals surface area contributed by atoms with Crippen molar-refractivity contribution in [3.05, 3.63) is 34.4 Å². The summed E-state index contributed by atoms with van der Waals surface area (Å²) in [7, 11) is 0. The van der Waals surface area contributed by atoms with Crippen molar-refractivity contribution in [2.24, 2.45) is 0 Å². The van der Waals surface area contributed by atoms with E-state index in [1.54, 1.807) is 13.0 Å². The molecule has 0 aliphatic heterocycles. The molecule has 1 atom stereocenters. The fourth-order valence-electron chi connectivity index (χ4n) is 1.47. The number of carbonyl (C=O) groups excluding carboxylic acids is 1. The summed E-state index contributed by atoms with van der Waals surface area (Å²) in [5.74, 6) is 0. The van der Waals surface area contributed by atoms with E-state index in [2.05, 4.69) is 10.6 Å². The number of urea groups is 1. The van der Waals surface area contributed by atoms with Crippen LogP contribution in [0.3, 0.4) is 0 Å². The lowest BCUT2D eigenvalue weighted by Gasteiger charge is -2.08. The first-order valence-electron chi connectivity index (χ1n) is 5.96. The van der Waals surface area contributed by atoms with Crippen molar-refractivity contribution in [2.75, 3.05) is 11.9 Å². The fourth-order valence-corrected chi connectivity index (χ4v) is 1.47. The number of carbonyl (C=O) groups is 1. The lowest BCUT2D eigenvalue weighted by molar-refractivity contribution is -0.384. The molecule has 0 radical (unpaired) electrons. The Kier molecular flexibility index (Phi) is 5.74. The minimum atomic E-state index is -0.522. The van der Waals surface area contributed by atoms with Crippen molar-refractivity contribution >= 4 is 17.4 Å². The second kappa shape index (κ2) is 7.32.